The number of anilines is 2. The summed E-state index contributed by atoms with van der Waals surface area (Å²) < 4.78 is 22.2. The third-order valence-corrected chi connectivity index (χ3v) is 3.46. The number of hydrogen-bond donors (Lipinski definition) is 2. The van der Waals surface area contributed by atoms with E-state index in [-0.39, 0.29) is 5.75 Å². The maximum absolute atomic E-state index is 11.1. The summed E-state index contributed by atoms with van der Waals surface area (Å²) >= 11 is 0. The van der Waals surface area contributed by atoms with E-state index < -0.39 is 9.84 Å². The first-order chi connectivity index (χ1) is 7.53. The van der Waals surface area contributed by atoms with Gasteiger partial charge in [0.15, 0.2) is 9.84 Å². The van der Waals surface area contributed by atoms with Gasteiger partial charge >= 0.3 is 0 Å². The highest BCUT2D eigenvalue weighted by atomic mass is 32.2. The van der Waals surface area contributed by atoms with Crippen LogP contribution in [0.4, 0.5) is 11.4 Å². The SMILES string of the molecule is C=CS(=O)(=O)CCCNc1ccc(N)cc1. The van der Waals surface area contributed by atoms with Crippen molar-refractivity contribution < 1.29 is 8.42 Å². The van der Waals surface area contributed by atoms with Crippen molar-refractivity contribution in [1.82, 2.24) is 0 Å². The predicted molar refractivity (Wildman–Crippen MR) is 67.9 cm³/mol. The molecule has 0 saturated carbocycles. The monoisotopic (exact) mass is 240 g/mol. The molecule has 1 aromatic rings. The second-order valence-corrected chi connectivity index (χ2v) is 5.50. The number of nitrogens with two attached hydrogens (primary N) is 1. The Bertz CT molecular complexity index is 438. The molecule has 0 aromatic heterocycles. The van der Waals surface area contributed by atoms with E-state index >= 15 is 0 Å². The van der Waals surface area contributed by atoms with Gasteiger partial charge in [0, 0.05) is 23.3 Å². The standard InChI is InChI=1S/C11H16N2O2S/c1-2-16(14,15)9-3-8-13-11-6-4-10(12)5-7-11/h2,4-7,13H,1,3,8-9,12H2. The smallest absolute Gasteiger partial charge is 0.171 e. The van der Waals surface area contributed by atoms with Crippen LogP contribution in [-0.4, -0.2) is 20.7 Å². The van der Waals surface area contributed by atoms with Gasteiger partial charge in [0.05, 0.1) is 5.75 Å². The lowest BCUT2D eigenvalue weighted by molar-refractivity contribution is 0.602. The third-order valence-electron chi connectivity index (χ3n) is 2.10. The van der Waals surface area contributed by atoms with Crippen LogP contribution in [0.5, 0.6) is 0 Å². The van der Waals surface area contributed by atoms with Crippen molar-refractivity contribution in [3.63, 3.8) is 0 Å². The first-order valence-electron chi connectivity index (χ1n) is 4.98. The highest BCUT2D eigenvalue weighted by molar-refractivity contribution is 7.94. The molecule has 0 unspecified atom stereocenters. The van der Waals surface area contributed by atoms with Gasteiger partial charge in [0.2, 0.25) is 0 Å². The minimum Gasteiger partial charge on any atom is -0.399 e. The molecule has 0 heterocycles. The van der Waals surface area contributed by atoms with Crippen molar-refractivity contribution in [2.75, 3.05) is 23.3 Å². The quantitative estimate of drug-likeness (QED) is 0.585. The zero-order chi connectivity index (χ0) is 12.0. The number of hydrogen-bond acceptors (Lipinski definition) is 4. The van der Waals surface area contributed by atoms with E-state index in [0.717, 1.165) is 11.1 Å². The van der Waals surface area contributed by atoms with Gasteiger partial charge in [0.25, 0.3) is 0 Å². The molecule has 4 nitrogen and oxygen atoms in total. The number of sulfone groups is 1. The van der Waals surface area contributed by atoms with Crippen LogP contribution in [0.25, 0.3) is 0 Å². The minimum absolute atomic E-state index is 0.123. The molecule has 0 spiro atoms. The van der Waals surface area contributed by atoms with E-state index in [1.165, 1.54) is 0 Å². The molecular formula is C11H16N2O2S. The Morgan fingerprint density at radius 3 is 2.50 bits per heavy atom. The van der Waals surface area contributed by atoms with Gasteiger partial charge in [0.1, 0.15) is 0 Å². The van der Waals surface area contributed by atoms with E-state index in [1.807, 2.05) is 12.1 Å². The highest BCUT2D eigenvalue weighted by Gasteiger charge is 2.03. The molecule has 0 radical (unpaired) electrons. The molecule has 0 fully saturated rings. The summed E-state index contributed by atoms with van der Waals surface area (Å²) in [5.74, 6) is 0.123. The van der Waals surface area contributed by atoms with Crippen molar-refractivity contribution in [3.05, 3.63) is 36.3 Å². The van der Waals surface area contributed by atoms with Crippen LogP contribution in [0.3, 0.4) is 0 Å². The fourth-order valence-corrected chi connectivity index (χ4v) is 1.90. The Hall–Kier alpha value is -1.49. The van der Waals surface area contributed by atoms with E-state index in [2.05, 4.69) is 11.9 Å². The lowest BCUT2D eigenvalue weighted by Gasteiger charge is -2.05. The maximum atomic E-state index is 11.1. The fraction of sp³-hybridized carbons (Fsp3) is 0.273. The van der Waals surface area contributed by atoms with E-state index in [4.69, 9.17) is 5.73 Å². The predicted octanol–water partition coefficient (Wildman–Crippen LogP) is 1.63. The Morgan fingerprint density at radius 2 is 1.94 bits per heavy atom. The molecule has 0 aliphatic rings. The molecule has 0 aliphatic carbocycles. The van der Waals surface area contributed by atoms with E-state index in [0.29, 0.717) is 18.7 Å². The fourth-order valence-electron chi connectivity index (χ4n) is 1.19. The number of rotatable bonds is 6. The van der Waals surface area contributed by atoms with Gasteiger partial charge in [-0.15, -0.1) is 0 Å². The Kier molecular flexibility index (Phi) is 4.37. The number of nitrogens with one attached hydrogen (secondary N) is 1. The summed E-state index contributed by atoms with van der Waals surface area (Å²) in [4.78, 5) is 0. The molecule has 1 rings (SSSR count). The van der Waals surface area contributed by atoms with Gasteiger partial charge in [-0.25, -0.2) is 8.42 Å². The Morgan fingerprint density at radius 1 is 1.31 bits per heavy atom. The Balaban J connectivity index is 2.31. The van der Waals surface area contributed by atoms with Crippen molar-refractivity contribution in [1.29, 1.82) is 0 Å². The lowest BCUT2D eigenvalue weighted by Crippen LogP contribution is -2.09. The largest absolute Gasteiger partial charge is 0.399 e. The molecule has 0 bridgehead atoms. The molecule has 0 atom stereocenters. The van der Waals surface area contributed by atoms with Crippen molar-refractivity contribution in [2.24, 2.45) is 0 Å². The average molecular weight is 240 g/mol. The number of benzene rings is 1. The van der Waals surface area contributed by atoms with E-state index in [1.54, 1.807) is 12.1 Å². The second kappa shape index (κ2) is 5.55. The van der Waals surface area contributed by atoms with E-state index in [9.17, 15) is 8.42 Å². The minimum atomic E-state index is -3.08. The van der Waals surface area contributed by atoms with Crippen LogP contribution < -0.4 is 11.1 Å². The van der Waals surface area contributed by atoms with Gasteiger partial charge in [-0.3, -0.25) is 0 Å². The Labute approximate surface area is 96.1 Å². The average Bonchev–Trinajstić information content (AvgIpc) is 2.27. The zero-order valence-corrected chi connectivity index (χ0v) is 9.83. The van der Waals surface area contributed by atoms with Crippen LogP contribution in [0.2, 0.25) is 0 Å². The van der Waals surface area contributed by atoms with Gasteiger partial charge in [-0.2, -0.15) is 0 Å². The summed E-state index contributed by atoms with van der Waals surface area (Å²) in [7, 11) is -3.08. The molecule has 88 valence electrons. The summed E-state index contributed by atoms with van der Waals surface area (Å²) in [6.07, 6.45) is 0.554. The molecule has 5 heteroatoms. The summed E-state index contributed by atoms with van der Waals surface area (Å²) in [5.41, 5.74) is 7.18. The number of nitrogen functional groups attached to an aromatic ring is 1. The summed E-state index contributed by atoms with van der Waals surface area (Å²) in [5, 5.41) is 4.11. The zero-order valence-electron chi connectivity index (χ0n) is 9.02. The topological polar surface area (TPSA) is 72.2 Å². The first-order valence-corrected chi connectivity index (χ1v) is 6.69. The van der Waals surface area contributed by atoms with Crippen molar-refractivity contribution in [3.8, 4) is 0 Å². The lowest BCUT2D eigenvalue weighted by atomic mass is 10.3. The van der Waals surface area contributed by atoms with Crippen LogP contribution >= 0.6 is 0 Å². The van der Waals surface area contributed by atoms with Gasteiger partial charge in [-0.1, -0.05) is 6.58 Å². The van der Waals surface area contributed by atoms with Crippen LogP contribution in [0, 0.1) is 0 Å². The van der Waals surface area contributed by atoms with Gasteiger partial charge in [-0.05, 0) is 30.7 Å². The molecule has 0 aliphatic heterocycles. The molecule has 3 N–H and O–H groups in total. The summed E-state index contributed by atoms with van der Waals surface area (Å²) in [6, 6.07) is 7.31. The maximum Gasteiger partial charge on any atom is 0.171 e. The normalized spacial score (nSPS) is 11.0. The highest BCUT2D eigenvalue weighted by Crippen LogP contribution is 2.10. The molecule has 0 saturated heterocycles. The summed E-state index contributed by atoms with van der Waals surface area (Å²) in [6.45, 7) is 3.86. The molecule has 16 heavy (non-hydrogen) atoms. The van der Waals surface area contributed by atoms with Crippen LogP contribution in [-0.2, 0) is 9.84 Å². The van der Waals surface area contributed by atoms with Crippen molar-refractivity contribution >= 4 is 21.2 Å². The molecule has 0 amide bonds. The first kappa shape index (κ1) is 12.6. The van der Waals surface area contributed by atoms with Gasteiger partial charge < -0.3 is 11.1 Å². The van der Waals surface area contributed by atoms with Crippen molar-refractivity contribution in [2.45, 2.75) is 6.42 Å². The molecule has 1 aromatic carbocycles. The molecular weight excluding hydrogens is 224 g/mol. The van der Waals surface area contributed by atoms with Crippen LogP contribution in [0.15, 0.2) is 36.3 Å². The second-order valence-electron chi connectivity index (χ2n) is 3.44. The van der Waals surface area contributed by atoms with Crippen LogP contribution in [0.1, 0.15) is 6.42 Å². The third kappa shape index (κ3) is 4.35.